The van der Waals surface area contributed by atoms with Crippen LogP contribution < -0.4 is 0 Å². The Morgan fingerprint density at radius 1 is 0.389 bits per heavy atom. The Bertz CT molecular complexity index is 1590. The standard InChI is InChI=1S/C54H70/c1-3-5-7-9-11-15-21-43-39-49-35-37-51(43)53(49,45-23-17-13-18-24-45)47-31-27-41(28-32-47)42-29-33-48(34-30-42)54(46-25-19-14-20-26-46)50-36-38-52(54)44(40-50)22-16-12-10-8-6-4-2/h13-14,17-20,23-34,43-44,49-52H,3-12,15-16,21-22,35-40H2,1-2H3. The smallest absolute Gasteiger partial charge is 0.0261 e. The van der Waals surface area contributed by atoms with E-state index in [1.165, 1.54) is 140 Å². The van der Waals surface area contributed by atoms with Crippen molar-refractivity contribution in [2.45, 2.75) is 153 Å². The van der Waals surface area contributed by atoms with Gasteiger partial charge in [-0.25, -0.2) is 0 Å². The predicted molar refractivity (Wildman–Crippen MR) is 231 cm³/mol. The van der Waals surface area contributed by atoms with E-state index in [1.807, 2.05) is 0 Å². The third-order valence-corrected chi connectivity index (χ3v) is 15.8. The molecular formula is C54H70. The van der Waals surface area contributed by atoms with Crippen LogP contribution in [-0.2, 0) is 10.8 Å². The maximum absolute atomic E-state index is 2.55. The zero-order chi connectivity index (χ0) is 36.8. The predicted octanol–water partition coefficient (Wildman–Crippen LogP) is 15.5. The summed E-state index contributed by atoms with van der Waals surface area (Å²) in [4.78, 5) is 0. The summed E-state index contributed by atoms with van der Waals surface area (Å²) in [7, 11) is 0. The van der Waals surface area contributed by atoms with Gasteiger partial charge in [0.25, 0.3) is 0 Å². The second-order valence-electron chi connectivity index (χ2n) is 18.5. The molecule has 4 saturated carbocycles. The van der Waals surface area contributed by atoms with E-state index >= 15 is 0 Å². The van der Waals surface area contributed by atoms with Gasteiger partial charge < -0.3 is 0 Å². The van der Waals surface area contributed by atoms with E-state index < -0.39 is 0 Å². The van der Waals surface area contributed by atoms with Crippen molar-refractivity contribution in [3.05, 3.63) is 131 Å². The fourth-order valence-corrected chi connectivity index (χ4v) is 13.6. The molecule has 4 aliphatic rings. The molecule has 8 rings (SSSR count). The maximum Gasteiger partial charge on any atom is 0.0261 e. The van der Waals surface area contributed by atoms with E-state index in [1.54, 1.807) is 22.3 Å². The average molecular weight is 719 g/mol. The monoisotopic (exact) mass is 719 g/mol. The molecule has 0 N–H and O–H groups in total. The lowest BCUT2D eigenvalue weighted by atomic mass is 9.65. The van der Waals surface area contributed by atoms with Crippen molar-refractivity contribution in [1.29, 1.82) is 0 Å². The summed E-state index contributed by atoms with van der Waals surface area (Å²) in [5.74, 6) is 4.81. The van der Waals surface area contributed by atoms with Crippen LogP contribution in [0.4, 0.5) is 0 Å². The Balaban J connectivity index is 1.03. The van der Waals surface area contributed by atoms with Crippen molar-refractivity contribution in [2.75, 3.05) is 0 Å². The van der Waals surface area contributed by atoms with Crippen LogP contribution in [0, 0.1) is 35.5 Å². The molecule has 0 aromatic heterocycles. The lowest BCUT2D eigenvalue weighted by Gasteiger charge is -2.38. The van der Waals surface area contributed by atoms with Crippen LogP contribution >= 0.6 is 0 Å². The van der Waals surface area contributed by atoms with Crippen LogP contribution in [0.15, 0.2) is 109 Å². The van der Waals surface area contributed by atoms with Crippen molar-refractivity contribution in [1.82, 2.24) is 0 Å². The molecule has 0 nitrogen and oxygen atoms in total. The van der Waals surface area contributed by atoms with Crippen molar-refractivity contribution >= 4 is 0 Å². The summed E-state index contributed by atoms with van der Waals surface area (Å²) in [5.41, 5.74) is 9.39. The molecule has 0 aliphatic heterocycles. The molecule has 4 bridgehead atoms. The molecule has 4 fully saturated rings. The number of benzene rings is 4. The Morgan fingerprint density at radius 3 is 1.13 bits per heavy atom. The summed E-state index contributed by atoms with van der Waals surface area (Å²) in [6, 6.07) is 43.5. The number of fused-ring (bicyclic) bond motifs is 4. The topological polar surface area (TPSA) is 0 Å². The Hall–Kier alpha value is -3.12. The van der Waals surface area contributed by atoms with Crippen LogP contribution in [0.5, 0.6) is 0 Å². The van der Waals surface area contributed by atoms with Crippen molar-refractivity contribution in [2.24, 2.45) is 35.5 Å². The molecule has 0 amide bonds. The quantitative estimate of drug-likeness (QED) is 0.0847. The minimum absolute atomic E-state index is 0.173. The molecule has 8 atom stereocenters. The molecule has 0 spiro atoms. The van der Waals surface area contributed by atoms with Gasteiger partial charge >= 0.3 is 0 Å². The summed E-state index contributed by atoms with van der Waals surface area (Å²) < 4.78 is 0. The summed E-state index contributed by atoms with van der Waals surface area (Å²) in [6.45, 7) is 4.65. The maximum atomic E-state index is 2.55. The van der Waals surface area contributed by atoms with Gasteiger partial charge in [-0.1, -0.05) is 213 Å². The zero-order valence-corrected chi connectivity index (χ0v) is 34.0. The van der Waals surface area contributed by atoms with Gasteiger partial charge in [0.15, 0.2) is 0 Å². The molecule has 8 unspecified atom stereocenters. The first-order chi connectivity index (χ1) is 26.7. The number of rotatable bonds is 19. The van der Waals surface area contributed by atoms with Crippen LogP contribution in [0.1, 0.15) is 165 Å². The summed E-state index contributed by atoms with van der Waals surface area (Å²) in [5, 5.41) is 0. The van der Waals surface area contributed by atoms with Gasteiger partial charge in [0, 0.05) is 10.8 Å². The SMILES string of the molecule is CCCCCCCCC1CC2CCC1C2(c1ccccc1)c1ccc(-c2ccc(C3(c4ccccc4)C4CCC3C(CCCCCCCC)C4)cc2)cc1. The Kier molecular flexibility index (Phi) is 12.1. The van der Waals surface area contributed by atoms with Gasteiger partial charge in [-0.2, -0.15) is 0 Å². The van der Waals surface area contributed by atoms with Gasteiger partial charge in [0.2, 0.25) is 0 Å². The highest BCUT2D eigenvalue weighted by Gasteiger charge is 2.61. The van der Waals surface area contributed by atoms with Gasteiger partial charge in [-0.3, -0.25) is 0 Å². The van der Waals surface area contributed by atoms with E-state index in [0.29, 0.717) is 0 Å². The molecule has 4 aromatic carbocycles. The lowest BCUT2D eigenvalue weighted by Crippen LogP contribution is -2.34. The Labute approximate surface area is 330 Å². The van der Waals surface area contributed by atoms with Crippen LogP contribution in [0.2, 0.25) is 0 Å². The highest BCUT2D eigenvalue weighted by atomic mass is 14.6. The highest BCUT2D eigenvalue weighted by Crippen LogP contribution is 2.66. The molecule has 286 valence electrons. The fourth-order valence-electron chi connectivity index (χ4n) is 13.6. The van der Waals surface area contributed by atoms with Crippen molar-refractivity contribution < 1.29 is 0 Å². The lowest BCUT2D eigenvalue weighted by molar-refractivity contribution is 0.287. The molecule has 4 aromatic rings. The second-order valence-corrected chi connectivity index (χ2v) is 18.5. The first-order valence-corrected chi connectivity index (χ1v) is 23.0. The molecule has 4 aliphatic carbocycles. The van der Waals surface area contributed by atoms with Gasteiger partial charge in [-0.05, 0) is 107 Å². The molecule has 0 heterocycles. The zero-order valence-electron chi connectivity index (χ0n) is 34.0. The van der Waals surface area contributed by atoms with Crippen LogP contribution in [0.3, 0.4) is 0 Å². The molecule has 0 heteroatoms. The van der Waals surface area contributed by atoms with Gasteiger partial charge in [-0.15, -0.1) is 0 Å². The van der Waals surface area contributed by atoms with E-state index in [9.17, 15) is 0 Å². The molecule has 0 saturated heterocycles. The minimum atomic E-state index is 0.173. The molecule has 0 radical (unpaired) electrons. The molecule has 54 heavy (non-hydrogen) atoms. The van der Waals surface area contributed by atoms with Gasteiger partial charge in [0.1, 0.15) is 0 Å². The summed E-state index contributed by atoms with van der Waals surface area (Å²) >= 11 is 0. The molecular weight excluding hydrogens is 649 g/mol. The first-order valence-electron chi connectivity index (χ1n) is 23.0. The number of hydrogen-bond acceptors (Lipinski definition) is 0. The van der Waals surface area contributed by atoms with Crippen molar-refractivity contribution in [3.63, 3.8) is 0 Å². The first kappa shape index (κ1) is 37.8. The van der Waals surface area contributed by atoms with E-state index in [0.717, 1.165) is 35.5 Å². The fraction of sp³-hybridized carbons (Fsp3) is 0.556. The van der Waals surface area contributed by atoms with Gasteiger partial charge in [0.05, 0.1) is 0 Å². The minimum Gasteiger partial charge on any atom is -0.0654 e. The second kappa shape index (κ2) is 17.3. The van der Waals surface area contributed by atoms with E-state index in [2.05, 4.69) is 123 Å². The van der Waals surface area contributed by atoms with E-state index in [4.69, 9.17) is 0 Å². The largest absolute Gasteiger partial charge is 0.0654 e. The third kappa shape index (κ3) is 6.96. The normalized spacial score (nSPS) is 29.7. The Morgan fingerprint density at radius 2 is 0.741 bits per heavy atom. The highest BCUT2D eigenvalue weighted by molar-refractivity contribution is 5.66. The summed E-state index contributed by atoms with van der Waals surface area (Å²) in [6.07, 6.45) is 28.1. The number of unbranched alkanes of at least 4 members (excludes halogenated alkanes) is 10. The van der Waals surface area contributed by atoms with E-state index in [-0.39, 0.29) is 10.8 Å². The van der Waals surface area contributed by atoms with Crippen molar-refractivity contribution in [3.8, 4) is 11.1 Å². The average Bonchev–Trinajstić information content (AvgIpc) is 3.97. The third-order valence-electron chi connectivity index (χ3n) is 15.8. The van der Waals surface area contributed by atoms with Crippen LogP contribution in [0.25, 0.3) is 11.1 Å². The van der Waals surface area contributed by atoms with Crippen LogP contribution in [-0.4, -0.2) is 0 Å². The number of hydrogen-bond donors (Lipinski definition) is 0.